The number of rotatable bonds is 4. The number of carboxylic acid groups (broad SMARTS) is 1. The van der Waals surface area contributed by atoms with Gasteiger partial charge in [0.2, 0.25) is 0 Å². The molecule has 4 aromatic rings. The van der Waals surface area contributed by atoms with Gasteiger partial charge in [0, 0.05) is 11.5 Å². The highest BCUT2D eigenvalue weighted by atomic mass is 35.5. The molecule has 8 heteroatoms. The first-order valence-electron chi connectivity index (χ1n) is 7.26. The zero-order chi connectivity index (χ0) is 17.6. The molecule has 126 valence electrons. The molecular formula is C17H10Cl2N2O3S. The number of aromatic carboxylic acids is 1. The number of carboxylic acids is 1. The van der Waals surface area contributed by atoms with Gasteiger partial charge in [0.25, 0.3) is 0 Å². The molecule has 0 atom stereocenters. The van der Waals surface area contributed by atoms with Gasteiger partial charge in [0.15, 0.2) is 5.76 Å². The summed E-state index contributed by atoms with van der Waals surface area (Å²) in [5.41, 5.74) is 1.36. The lowest BCUT2D eigenvalue weighted by atomic mass is 10.2. The number of fused-ring (bicyclic) bond motifs is 1. The summed E-state index contributed by atoms with van der Waals surface area (Å²) in [5, 5.41) is 14.5. The molecule has 1 N–H and O–H groups in total. The molecule has 3 heterocycles. The van der Waals surface area contributed by atoms with Gasteiger partial charge in [-0.15, -0.1) is 11.3 Å². The monoisotopic (exact) mass is 392 g/mol. The Bertz CT molecular complexity index is 1100. The molecule has 5 nitrogen and oxygen atoms in total. The van der Waals surface area contributed by atoms with Crippen molar-refractivity contribution >= 4 is 51.4 Å². The minimum absolute atomic E-state index is 0.0339. The standard InChI is InChI=1S/C17H10Cl2N2O3S/c18-14-6-5-13(25-14)12-7-9(20-24-12)8-21-11-4-2-1-3-10(11)15(19)16(21)17(22)23/h1-7H,8H2,(H,22,23). The number of para-hydroxylation sites is 1. The third-order valence-corrected chi connectivity index (χ3v) is 5.44. The van der Waals surface area contributed by atoms with E-state index in [2.05, 4.69) is 5.16 Å². The van der Waals surface area contributed by atoms with Gasteiger partial charge >= 0.3 is 5.97 Å². The fourth-order valence-electron chi connectivity index (χ4n) is 2.75. The second-order valence-electron chi connectivity index (χ2n) is 5.36. The average Bonchev–Trinajstić information content (AvgIpc) is 3.28. The normalized spacial score (nSPS) is 11.3. The fourth-order valence-corrected chi connectivity index (χ4v) is 4.08. The van der Waals surface area contributed by atoms with Crippen LogP contribution in [-0.2, 0) is 6.54 Å². The van der Waals surface area contributed by atoms with Crippen LogP contribution in [0.2, 0.25) is 9.36 Å². The maximum absolute atomic E-state index is 11.7. The van der Waals surface area contributed by atoms with Crippen molar-refractivity contribution in [3.8, 4) is 10.6 Å². The second-order valence-corrected chi connectivity index (χ2v) is 7.45. The Kier molecular flexibility index (Phi) is 4.03. The molecule has 0 aliphatic rings. The Morgan fingerprint density at radius 3 is 2.76 bits per heavy atom. The van der Waals surface area contributed by atoms with Crippen molar-refractivity contribution in [1.82, 2.24) is 9.72 Å². The molecule has 0 fully saturated rings. The van der Waals surface area contributed by atoms with Gasteiger partial charge in [-0.05, 0) is 18.2 Å². The Hall–Kier alpha value is -2.28. The molecule has 1 aromatic carbocycles. The number of aromatic nitrogens is 2. The molecule has 3 aromatic heterocycles. The minimum atomic E-state index is -1.09. The van der Waals surface area contributed by atoms with E-state index in [1.54, 1.807) is 22.8 Å². The van der Waals surface area contributed by atoms with Crippen LogP contribution in [0.3, 0.4) is 0 Å². The SMILES string of the molecule is O=C(O)c1c(Cl)c2ccccc2n1Cc1cc(-c2ccc(Cl)s2)on1. The van der Waals surface area contributed by atoms with Gasteiger partial charge in [-0.1, -0.05) is 46.6 Å². The molecular weight excluding hydrogens is 383 g/mol. The average molecular weight is 393 g/mol. The lowest BCUT2D eigenvalue weighted by Crippen LogP contribution is -2.10. The zero-order valence-corrected chi connectivity index (χ0v) is 14.9. The molecule has 0 spiro atoms. The van der Waals surface area contributed by atoms with Crippen molar-refractivity contribution < 1.29 is 14.4 Å². The Morgan fingerprint density at radius 2 is 2.04 bits per heavy atom. The highest BCUT2D eigenvalue weighted by Crippen LogP contribution is 2.33. The van der Waals surface area contributed by atoms with Crippen LogP contribution in [0.1, 0.15) is 16.2 Å². The fraction of sp³-hybridized carbons (Fsp3) is 0.0588. The molecule has 0 aliphatic carbocycles. The number of nitrogens with zero attached hydrogens (tertiary/aromatic N) is 2. The third kappa shape index (κ3) is 2.82. The van der Waals surface area contributed by atoms with E-state index in [0.717, 1.165) is 10.4 Å². The van der Waals surface area contributed by atoms with E-state index in [1.165, 1.54) is 11.3 Å². The minimum Gasteiger partial charge on any atom is -0.477 e. The molecule has 0 amide bonds. The predicted molar refractivity (Wildman–Crippen MR) is 97.8 cm³/mol. The number of hydrogen-bond donors (Lipinski definition) is 1. The second kappa shape index (κ2) is 6.22. The van der Waals surface area contributed by atoms with Gasteiger partial charge < -0.3 is 14.2 Å². The lowest BCUT2D eigenvalue weighted by molar-refractivity contribution is 0.0686. The molecule has 0 bridgehead atoms. The quantitative estimate of drug-likeness (QED) is 0.503. The number of halogens is 2. The van der Waals surface area contributed by atoms with Crippen LogP contribution in [-0.4, -0.2) is 20.8 Å². The number of carbonyl (C=O) groups is 1. The number of thiophene rings is 1. The van der Waals surface area contributed by atoms with Crippen LogP contribution in [0.25, 0.3) is 21.5 Å². The Balaban J connectivity index is 1.77. The maximum Gasteiger partial charge on any atom is 0.354 e. The van der Waals surface area contributed by atoms with Gasteiger partial charge in [-0.2, -0.15) is 0 Å². The summed E-state index contributed by atoms with van der Waals surface area (Å²) < 4.78 is 7.65. The van der Waals surface area contributed by atoms with E-state index >= 15 is 0 Å². The van der Waals surface area contributed by atoms with Gasteiger partial charge in [-0.25, -0.2) is 4.79 Å². The van der Waals surface area contributed by atoms with E-state index < -0.39 is 5.97 Å². The van der Waals surface area contributed by atoms with E-state index in [1.807, 2.05) is 24.3 Å². The molecule has 0 saturated carbocycles. The Morgan fingerprint density at radius 1 is 1.24 bits per heavy atom. The first-order valence-corrected chi connectivity index (χ1v) is 8.83. The molecule has 0 aliphatic heterocycles. The van der Waals surface area contributed by atoms with E-state index in [0.29, 0.717) is 21.2 Å². The summed E-state index contributed by atoms with van der Waals surface area (Å²) in [7, 11) is 0. The molecule has 0 saturated heterocycles. The summed E-state index contributed by atoms with van der Waals surface area (Å²) in [6.45, 7) is 0.234. The van der Waals surface area contributed by atoms with Gasteiger partial charge in [0.1, 0.15) is 11.4 Å². The summed E-state index contributed by atoms with van der Waals surface area (Å²) in [4.78, 5) is 12.5. The van der Waals surface area contributed by atoms with Crippen molar-refractivity contribution in [3.63, 3.8) is 0 Å². The van der Waals surface area contributed by atoms with E-state index in [-0.39, 0.29) is 17.3 Å². The summed E-state index contributed by atoms with van der Waals surface area (Å²) in [6.07, 6.45) is 0. The first kappa shape index (κ1) is 16.2. The highest BCUT2D eigenvalue weighted by Gasteiger charge is 2.22. The first-order chi connectivity index (χ1) is 12.0. The van der Waals surface area contributed by atoms with Crippen LogP contribution in [0.4, 0.5) is 0 Å². The van der Waals surface area contributed by atoms with Gasteiger partial charge in [0.05, 0.1) is 26.3 Å². The topological polar surface area (TPSA) is 68.3 Å². The molecule has 0 unspecified atom stereocenters. The van der Waals surface area contributed by atoms with Crippen LogP contribution in [0, 0.1) is 0 Å². The van der Waals surface area contributed by atoms with Crippen molar-refractivity contribution in [2.45, 2.75) is 6.54 Å². The summed E-state index contributed by atoms with van der Waals surface area (Å²) in [6, 6.07) is 12.7. The van der Waals surface area contributed by atoms with Crippen molar-refractivity contribution in [1.29, 1.82) is 0 Å². The van der Waals surface area contributed by atoms with Crippen LogP contribution < -0.4 is 0 Å². The van der Waals surface area contributed by atoms with Crippen molar-refractivity contribution in [3.05, 3.63) is 63.2 Å². The van der Waals surface area contributed by atoms with Crippen molar-refractivity contribution in [2.75, 3.05) is 0 Å². The van der Waals surface area contributed by atoms with E-state index in [9.17, 15) is 9.90 Å². The lowest BCUT2D eigenvalue weighted by Gasteiger charge is -2.05. The third-order valence-electron chi connectivity index (χ3n) is 3.81. The largest absolute Gasteiger partial charge is 0.477 e. The summed E-state index contributed by atoms with van der Waals surface area (Å²) >= 11 is 13.6. The predicted octanol–water partition coefficient (Wildman–Crippen LogP) is 5.41. The number of hydrogen-bond acceptors (Lipinski definition) is 4. The maximum atomic E-state index is 11.7. The molecule has 25 heavy (non-hydrogen) atoms. The number of benzene rings is 1. The molecule has 0 radical (unpaired) electrons. The van der Waals surface area contributed by atoms with E-state index in [4.69, 9.17) is 27.7 Å². The zero-order valence-electron chi connectivity index (χ0n) is 12.6. The van der Waals surface area contributed by atoms with Crippen LogP contribution >= 0.6 is 34.5 Å². The Labute approximate surface area is 156 Å². The van der Waals surface area contributed by atoms with Crippen molar-refractivity contribution in [2.24, 2.45) is 0 Å². The molecule has 4 rings (SSSR count). The van der Waals surface area contributed by atoms with Gasteiger partial charge in [-0.3, -0.25) is 0 Å². The van der Waals surface area contributed by atoms with Crippen LogP contribution in [0.15, 0.2) is 47.0 Å². The van der Waals surface area contributed by atoms with Crippen LogP contribution in [0.5, 0.6) is 0 Å². The highest BCUT2D eigenvalue weighted by molar-refractivity contribution is 7.19. The smallest absolute Gasteiger partial charge is 0.354 e. The summed E-state index contributed by atoms with van der Waals surface area (Å²) in [5.74, 6) is -0.499.